The average molecular weight is 351 g/mol. The lowest BCUT2D eigenvalue weighted by Crippen LogP contribution is -2.26. The van der Waals surface area contributed by atoms with E-state index in [0.717, 1.165) is 17.3 Å². The van der Waals surface area contributed by atoms with Gasteiger partial charge in [-0.1, -0.05) is 24.4 Å². The number of carbonyl (C=O) groups excluding carboxylic acids is 1. The fourth-order valence-corrected chi connectivity index (χ4v) is 6.01. The van der Waals surface area contributed by atoms with Crippen LogP contribution in [0.25, 0.3) is 0 Å². The van der Waals surface area contributed by atoms with Gasteiger partial charge < -0.3 is 4.90 Å². The predicted octanol–water partition coefficient (Wildman–Crippen LogP) is 4.31. The molecule has 1 unspecified atom stereocenters. The number of nitrogens with zero attached hydrogens (tertiary/aromatic N) is 2. The van der Waals surface area contributed by atoms with Gasteiger partial charge in [0, 0.05) is 18.0 Å². The van der Waals surface area contributed by atoms with Crippen molar-refractivity contribution < 1.29 is 4.79 Å². The Hall–Kier alpha value is -1.11. The maximum absolute atomic E-state index is 11.9. The number of thioether (sulfide) groups is 1. The second kappa shape index (κ2) is 6.56. The molecule has 0 bridgehead atoms. The quantitative estimate of drug-likeness (QED) is 0.598. The molecule has 1 amide bonds. The second-order valence-electron chi connectivity index (χ2n) is 4.97. The number of carbonyl (C=O) groups is 1. The number of para-hydroxylation sites is 1. The minimum absolute atomic E-state index is 0.0393. The van der Waals surface area contributed by atoms with Crippen molar-refractivity contribution in [1.82, 2.24) is 4.90 Å². The van der Waals surface area contributed by atoms with Crippen LogP contribution in [0.2, 0.25) is 0 Å². The van der Waals surface area contributed by atoms with Crippen LogP contribution < -0.4 is 4.90 Å². The number of rotatable bonds is 3. The third-order valence-electron chi connectivity index (χ3n) is 3.74. The van der Waals surface area contributed by atoms with Crippen molar-refractivity contribution >= 4 is 55.7 Å². The van der Waals surface area contributed by atoms with Gasteiger partial charge in [-0.05, 0) is 49.2 Å². The highest BCUT2D eigenvalue weighted by Gasteiger charge is 2.30. The van der Waals surface area contributed by atoms with Gasteiger partial charge in [0.2, 0.25) is 0 Å². The Balaban J connectivity index is 1.90. The lowest BCUT2D eigenvalue weighted by atomic mass is 10.3. The topological polar surface area (TPSA) is 23.6 Å². The summed E-state index contributed by atoms with van der Waals surface area (Å²) in [6.07, 6.45) is 2.04. The molecule has 116 valence electrons. The maximum Gasteiger partial charge on any atom is 0.291 e. The van der Waals surface area contributed by atoms with Gasteiger partial charge in [-0.3, -0.25) is 9.69 Å². The summed E-state index contributed by atoms with van der Waals surface area (Å²) in [5.41, 5.74) is 1.33. The molecule has 3 rings (SSSR count). The molecule has 0 saturated carbocycles. The van der Waals surface area contributed by atoms with Gasteiger partial charge >= 0.3 is 0 Å². The van der Waals surface area contributed by atoms with Crippen LogP contribution in [0.1, 0.15) is 13.8 Å². The first kappa shape index (κ1) is 15.8. The van der Waals surface area contributed by atoms with Crippen molar-refractivity contribution in [1.29, 1.82) is 0 Å². The molecular formula is C16H18N2OS3. The van der Waals surface area contributed by atoms with Crippen LogP contribution in [0.4, 0.5) is 10.5 Å². The average Bonchev–Trinajstić information content (AvgIpc) is 3.02. The summed E-state index contributed by atoms with van der Waals surface area (Å²) in [5, 5.41) is 2.26. The highest BCUT2D eigenvalue weighted by molar-refractivity contribution is 8.19. The molecule has 0 aromatic heterocycles. The van der Waals surface area contributed by atoms with E-state index in [1.165, 1.54) is 22.3 Å². The fourth-order valence-electron chi connectivity index (χ4n) is 2.56. The number of benzene rings is 1. The summed E-state index contributed by atoms with van der Waals surface area (Å²) < 4.78 is 0. The van der Waals surface area contributed by atoms with E-state index in [1.54, 1.807) is 4.90 Å². The molecule has 2 aliphatic rings. The zero-order valence-electron chi connectivity index (χ0n) is 12.6. The van der Waals surface area contributed by atoms with E-state index in [9.17, 15) is 4.79 Å². The Morgan fingerprint density at radius 2 is 2.09 bits per heavy atom. The van der Waals surface area contributed by atoms with Gasteiger partial charge in [-0.2, -0.15) is 0 Å². The van der Waals surface area contributed by atoms with Gasteiger partial charge in [-0.15, -0.1) is 10.5 Å². The Bertz CT molecular complexity index is 696. The first-order chi connectivity index (χ1) is 10.7. The molecule has 1 aromatic carbocycles. The van der Waals surface area contributed by atoms with Crippen LogP contribution >= 0.6 is 34.5 Å². The number of anilines is 1. The van der Waals surface area contributed by atoms with Crippen LogP contribution in [0.5, 0.6) is 0 Å². The molecule has 0 aliphatic carbocycles. The Morgan fingerprint density at radius 1 is 1.32 bits per heavy atom. The summed E-state index contributed by atoms with van der Waals surface area (Å²) >= 11 is 6.63. The van der Waals surface area contributed by atoms with E-state index in [4.69, 9.17) is 12.2 Å². The molecule has 0 spiro atoms. The maximum atomic E-state index is 11.9. The van der Waals surface area contributed by atoms with E-state index in [1.807, 2.05) is 13.0 Å². The molecule has 0 N–H and O–H groups in total. The van der Waals surface area contributed by atoms with Crippen molar-refractivity contribution in [3.05, 3.63) is 35.2 Å². The molecule has 1 atom stereocenters. The van der Waals surface area contributed by atoms with Gasteiger partial charge in [0.15, 0.2) is 0 Å². The van der Waals surface area contributed by atoms with Gasteiger partial charge in [0.25, 0.3) is 5.24 Å². The molecular weight excluding hydrogens is 332 g/mol. The highest BCUT2D eigenvalue weighted by Crippen LogP contribution is 2.43. The van der Waals surface area contributed by atoms with Crippen LogP contribution in [-0.2, 0) is 0 Å². The summed E-state index contributed by atoms with van der Waals surface area (Å²) in [6.45, 7) is 5.79. The van der Waals surface area contributed by atoms with Crippen LogP contribution in [0, 0.1) is 0 Å². The molecule has 2 aliphatic heterocycles. The first-order valence-electron chi connectivity index (χ1n) is 7.28. The van der Waals surface area contributed by atoms with Crippen LogP contribution in [0.15, 0.2) is 40.1 Å². The van der Waals surface area contributed by atoms with E-state index in [0.29, 0.717) is 11.5 Å². The number of fused-ring (bicyclic) bond motifs is 1. The first-order valence-corrected chi connectivity index (χ1v) is 9.96. The van der Waals surface area contributed by atoms with Crippen molar-refractivity contribution in [2.45, 2.75) is 18.7 Å². The lowest BCUT2D eigenvalue weighted by Gasteiger charge is -2.14. The highest BCUT2D eigenvalue weighted by atomic mass is 32.2. The number of hydrogen-bond acceptors (Lipinski definition) is 4. The number of likely N-dealkylation sites (N-methyl/N-ethyl adjacent to an activating group) is 1. The van der Waals surface area contributed by atoms with Crippen molar-refractivity contribution in [2.24, 2.45) is 0 Å². The standard InChI is InChI=1S/C16H18N2OS3/c1-3-17-11-22(14-8-6-5-7-12(14)17)10-9-13-15(20)18(4-2)16(19)21-13/h5-10H,3-4,11H2,1-2H3. The number of thiocarbonyl (C=S) groups is 1. The minimum Gasteiger partial charge on any atom is -0.362 e. The molecule has 1 fully saturated rings. The Kier molecular flexibility index (Phi) is 4.70. The van der Waals surface area contributed by atoms with Gasteiger partial charge in [0.1, 0.15) is 4.99 Å². The number of hydrogen-bond donors (Lipinski definition) is 0. The Morgan fingerprint density at radius 3 is 2.77 bits per heavy atom. The van der Waals surface area contributed by atoms with Crippen LogP contribution in [0.3, 0.4) is 0 Å². The zero-order valence-corrected chi connectivity index (χ0v) is 15.1. The molecule has 3 nitrogen and oxygen atoms in total. The molecule has 6 heteroatoms. The summed E-state index contributed by atoms with van der Waals surface area (Å²) in [5.74, 6) is 1.02. The molecule has 2 heterocycles. The molecule has 22 heavy (non-hydrogen) atoms. The zero-order chi connectivity index (χ0) is 15.7. The summed E-state index contributed by atoms with van der Waals surface area (Å²) in [7, 11) is 0.0542. The number of allylic oxidation sites excluding steroid dienone is 1. The van der Waals surface area contributed by atoms with Crippen LogP contribution in [-0.4, -0.2) is 39.5 Å². The summed E-state index contributed by atoms with van der Waals surface area (Å²) in [6, 6.07) is 8.57. The van der Waals surface area contributed by atoms with Crippen molar-refractivity contribution in [3.63, 3.8) is 0 Å². The van der Waals surface area contributed by atoms with Crippen molar-refractivity contribution in [2.75, 3.05) is 23.9 Å². The van der Waals surface area contributed by atoms with E-state index < -0.39 is 0 Å². The van der Waals surface area contributed by atoms with Gasteiger partial charge in [0.05, 0.1) is 16.5 Å². The monoisotopic (exact) mass is 350 g/mol. The predicted molar refractivity (Wildman–Crippen MR) is 102 cm³/mol. The normalized spacial score (nSPS) is 23.0. The second-order valence-corrected chi connectivity index (χ2v) is 8.17. The van der Waals surface area contributed by atoms with E-state index in [2.05, 4.69) is 41.5 Å². The third kappa shape index (κ3) is 2.75. The Labute approximate surface area is 143 Å². The smallest absolute Gasteiger partial charge is 0.291 e. The molecule has 1 aromatic rings. The lowest BCUT2D eigenvalue weighted by molar-refractivity contribution is 0.247. The van der Waals surface area contributed by atoms with Crippen molar-refractivity contribution in [3.8, 4) is 0 Å². The minimum atomic E-state index is 0.0393. The number of amides is 1. The molecule has 0 radical (unpaired) electrons. The van der Waals surface area contributed by atoms with E-state index >= 15 is 0 Å². The molecule has 1 saturated heterocycles. The van der Waals surface area contributed by atoms with Gasteiger partial charge in [-0.25, -0.2) is 0 Å². The third-order valence-corrected chi connectivity index (χ3v) is 7.22. The SMILES string of the molecule is CCN1C(=O)SC(=CC=S2CN(CC)c3ccccc32)C1=S. The summed E-state index contributed by atoms with van der Waals surface area (Å²) in [4.78, 5) is 18.9. The largest absolute Gasteiger partial charge is 0.362 e. The fraction of sp³-hybridized carbons (Fsp3) is 0.312. The van der Waals surface area contributed by atoms with E-state index in [-0.39, 0.29) is 15.7 Å².